The van der Waals surface area contributed by atoms with Gasteiger partial charge in [-0.25, -0.2) is 10.1 Å². The van der Waals surface area contributed by atoms with Crippen molar-refractivity contribution in [2.24, 2.45) is 0 Å². The SMILES string of the molecule is N#CC(=C(O)CSc1n[nH]c(N)n1)c1nc2ccccc2[nH]1. The molecule has 0 unspecified atom stereocenters. The highest BCUT2D eigenvalue weighted by Crippen LogP contribution is 2.22. The number of anilines is 1. The Morgan fingerprint density at radius 2 is 2.18 bits per heavy atom. The number of aromatic amines is 2. The van der Waals surface area contributed by atoms with Gasteiger partial charge < -0.3 is 15.8 Å². The van der Waals surface area contributed by atoms with E-state index in [0.29, 0.717) is 11.0 Å². The predicted octanol–water partition coefficient (Wildman–Crippen LogP) is 1.85. The van der Waals surface area contributed by atoms with E-state index in [-0.39, 0.29) is 23.0 Å². The molecule has 0 aliphatic rings. The van der Waals surface area contributed by atoms with Crippen molar-refractivity contribution in [3.8, 4) is 6.07 Å². The molecule has 0 atom stereocenters. The molecule has 22 heavy (non-hydrogen) atoms. The molecule has 3 rings (SSSR count). The Bertz CT molecular complexity index is 856. The highest BCUT2D eigenvalue weighted by Gasteiger charge is 2.14. The van der Waals surface area contributed by atoms with Crippen LogP contribution < -0.4 is 5.73 Å². The summed E-state index contributed by atoms with van der Waals surface area (Å²) in [6.45, 7) is 0. The number of nitrogens with one attached hydrogen (secondary N) is 2. The summed E-state index contributed by atoms with van der Waals surface area (Å²) in [5, 5.41) is 26.2. The van der Waals surface area contributed by atoms with E-state index in [1.807, 2.05) is 30.3 Å². The number of allylic oxidation sites excluding steroid dienone is 1. The van der Waals surface area contributed by atoms with Gasteiger partial charge in [-0.15, -0.1) is 5.10 Å². The van der Waals surface area contributed by atoms with Crippen molar-refractivity contribution in [1.82, 2.24) is 25.1 Å². The molecule has 0 fully saturated rings. The van der Waals surface area contributed by atoms with Crippen LogP contribution in [0.1, 0.15) is 5.82 Å². The molecule has 0 spiro atoms. The van der Waals surface area contributed by atoms with Crippen LogP contribution in [-0.2, 0) is 0 Å². The van der Waals surface area contributed by atoms with Crippen molar-refractivity contribution in [2.75, 3.05) is 11.5 Å². The summed E-state index contributed by atoms with van der Waals surface area (Å²) in [5.74, 6) is 0.562. The van der Waals surface area contributed by atoms with E-state index >= 15 is 0 Å². The lowest BCUT2D eigenvalue weighted by molar-refractivity contribution is 0.420. The number of nitrogens with two attached hydrogens (primary N) is 1. The van der Waals surface area contributed by atoms with Crippen LogP contribution in [0.15, 0.2) is 35.2 Å². The molecule has 0 aliphatic carbocycles. The van der Waals surface area contributed by atoms with E-state index in [2.05, 4.69) is 25.1 Å². The van der Waals surface area contributed by atoms with Gasteiger partial charge in [0.05, 0.1) is 16.8 Å². The van der Waals surface area contributed by atoms with E-state index in [0.717, 1.165) is 22.8 Å². The summed E-state index contributed by atoms with van der Waals surface area (Å²) >= 11 is 1.16. The van der Waals surface area contributed by atoms with Gasteiger partial charge >= 0.3 is 0 Å². The van der Waals surface area contributed by atoms with Crippen molar-refractivity contribution in [3.05, 3.63) is 35.8 Å². The van der Waals surface area contributed by atoms with E-state index in [9.17, 15) is 10.4 Å². The number of para-hydroxylation sites is 2. The van der Waals surface area contributed by atoms with E-state index in [4.69, 9.17) is 5.73 Å². The first kappa shape index (κ1) is 14.0. The highest BCUT2D eigenvalue weighted by atomic mass is 32.2. The van der Waals surface area contributed by atoms with Crippen LogP contribution >= 0.6 is 11.8 Å². The lowest BCUT2D eigenvalue weighted by Gasteiger charge is -2.00. The Kier molecular flexibility index (Phi) is 3.67. The number of aliphatic hydroxyl groups is 1. The average Bonchev–Trinajstić information content (AvgIpc) is 3.11. The predicted molar refractivity (Wildman–Crippen MR) is 82.8 cm³/mol. The fourth-order valence-corrected chi connectivity index (χ4v) is 2.54. The largest absolute Gasteiger partial charge is 0.510 e. The third-order valence-corrected chi connectivity index (χ3v) is 3.71. The number of rotatable bonds is 4. The monoisotopic (exact) mass is 313 g/mol. The fraction of sp³-hybridized carbons (Fsp3) is 0.0769. The molecule has 8 nitrogen and oxygen atoms in total. The first-order valence-electron chi connectivity index (χ1n) is 6.25. The molecular formula is C13H11N7OS. The Morgan fingerprint density at radius 3 is 2.86 bits per heavy atom. The van der Waals surface area contributed by atoms with Crippen LogP contribution in [-0.4, -0.2) is 36.0 Å². The normalized spacial score (nSPS) is 12.1. The summed E-state index contributed by atoms with van der Waals surface area (Å²) in [6, 6.07) is 9.36. The maximum Gasteiger partial charge on any atom is 0.216 e. The van der Waals surface area contributed by atoms with Gasteiger partial charge in [0.2, 0.25) is 11.1 Å². The Hall–Kier alpha value is -2.99. The minimum absolute atomic E-state index is 0.0900. The smallest absolute Gasteiger partial charge is 0.216 e. The first-order chi connectivity index (χ1) is 10.7. The van der Waals surface area contributed by atoms with Gasteiger partial charge in [0.1, 0.15) is 17.4 Å². The number of fused-ring (bicyclic) bond motifs is 1. The molecule has 9 heteroatoms. The van der Waals surface area contributed by atoms with Gasteiger partial charge in [0, 0.05) is 0 Å². The van der Waals surface area contributed by atoms with Crippen LogP contribution in [0.25, 0.3) is 16.6 Å². The van der Waals surface area contributed by atoms with Gasteiger partial charge in [-0.1, -0.05) is 23.9 Å². The number of nitrogen functional groups attached to an aromatic ring is 1. The topological polar surface area (TPSA) is 140 Å². The molecule has 0 aliphatic heterocycles. The number of nitrogens with zero attached hydrogens (tertiary/aromatic N) is 4. The number of benzene rings is 1. The molecule has 0 radical (unpaired) electrons. The second-order valence-electron chi connectivity index (χ2n) is 4.33. The molecule has 110 valence electrons. The van der Waals surface area contributed by atoms with Gasteiger partial charge in [0.25, 0.3) is 0 Å². The Labute approximate surface area is 129 Å². The molecule has 0 saturated carbocycles. The summed E-state index contributed by atoms with van der Waals surface area (Å²) in [4.78, 5) is 11.2. The summed E-state index contributed by atoms with van der Waals surface area (Å²) in [5.41, 5.74) is 7.04. The van der Waals surface area contributed by atoms with Gasteiger partial charge in [-0.3, -0.25) is 0 Å². The lowest BCUT2D eigenvalue weighted by atomic mass is 10.2. The molecule has 2 heterocycles. The Morgan fingerprint density at radius 1 is 1.36 bits per heavy atom. The highest BCUT2D eigenvalue weighted by molar-refractivity contribution is 7.99. The minimum atomic E-state index is -0.102. The van der Waals surface area contributed by atoms with Crippen molar-refractivity contribution in [2.45, 2.75) is 5.16 Å². The second-order valence-corrected chi connectivity index (χ2v) is 5.27. The minimum Gasteiger partial charge on any atom is -0.510 e. The van der Waals surface area contributed by atoms with Crippen LogP contribution in [0, 0.1) is 11.3 Å². The zero-order valence-electron chi connectivity index (χ0n) is 11.2. The summed E-state index contributed by atoms with van der Waals surface area (Å²) < 4.78 is 0. The number of hydrogen-bond donors (Lipinski definition) is 4. The van der Waals surface area contributed by atoms with Crippen LogP contribution in [0.5, 0.6) is 0 Å². The van der Waals surface area contributed by atoms with Gasteiger partial charge in [-0.05, 0) is 12.1 Å². The fourth-order valence-electron chi connectivity index (χ4n) is 1.85. The van der Waals surface area contributed by atoms with Crippen LogP contribution in [0.3, 0.4) is 0 Å². The van der Waals surface area contributed by atoms with Crippen molar-refractivity contribution >= 4 is 34.3 Å². The van der Waals surface area contributed by atoms with Crippen molar-refractivity contribution in [3.63, 3.8) is 0 Å². The molecule has 0 saturated heterocycles. The van der Waals surface area contributed by atoms with E-state index < -0.39 is 0 Å². The van der Waals surface area contributed by atoms with Crippen LogP contribution in [0.4, 0.5) is 5.95 Å². The third-order valence-electron chi connectivity index (χ3n) is 2.85. The maximum absolute atomic E-state index is 10.1. The lowest BCUT2D eigenvalue weighted by Crippen LogP contribution is -1.95. The standard InChI is InChI=1S/C13H11N7OS/c14-5-7(10(21)6-22-13-18-12(15)19-20-13)11-16-8-3-1-2-4-9(8)17-11/h1-4,21H,6H2,(H,16,17)(H3,15,18,19,20). The Balaban J connectivity index is 1.86. The second kappa shape index (κ2) is 5.79. The molecule has 5 N–H and O–H groups in total. The molecule has 3 aromatic rings. The van der Waals surface area contributed by atoms with Gasteiger partial charge in [0.15, 0.2) is 5.82 Å². The summed E-state index contributed by atoms with van der Waals surface area (Å²) in [6.07, 6.45) is 0. The zero-order valence-corrected chi connectivity index (χ0v) is 12.1. The van der Waals surface area contributed by atoms with Gasteiger partial charge in [-0.2, -0.15) is 10.2 Å². The van der Waals surface area contributed by atoms with Crippen molar-refractivity contribution < 1.29 is 5.11 Å². The molecular weight excluding hydrogens is 302 g/mol. The van der Waals surface area contributed by atoms with E-state index in [1.165, 1.54) is 0 Å². The van der Waals surface area contributed by atoms with E-state index in [1.54, 1.807) is 0 Å². The number of hydrogen-bond acceptors (Lipinski definition) is 7. The first-order valence-corrected chi connectivity index (χ1v) is 7.24. The van der Waals surface area contributed by atoms with Crippen molar-refractivity contribution in [1.29, 1.82) is 5.26 Å². The number of nitriles is 1. The number of aromatic nitrogens is 5. The molecule has 1 aromatic carbocycles. The zero-order chi connectivity index (χ0) is 15.5. The number of imidazole rings is 1. The third kappa shape index (κ3) is 2.72. The summed E-state index contributed by atoms with van der Waals surface area (Å²) in [7, 11) is 0. The molecule has 2 aromatic heterocycles. The average molecular weight is 313 g/mol. The quantitative estimate of drug-likeness (QED) is 0.327. The number of aliphatic hydroxyl groups excluding tert-OH is 1. The molecule has 0 bridgehead atoms. The number of thioether (sulfide) groups is 1. The molecule has 0 amide bonds. The maximum atomic E-state index is 10.1. The number of H-pyrrole nitrogens is 2. The van der Waals surface area contributed by atoms with Crippen LogP contribution in [0.2, 0.25) is 0 Å².